The number of nitrogens with zero attached hydrogens (tertiary/aromatic N) is 1. The smallest absolute Gasteiger partial charge is 0.237 e. The Labute approximate surface area is 117 Å². The lowest BCUT2D eigenvalue weighted by Gasteiger charge is -2.26. The van der Waals surface area contributed by atoms with Crippen molar-refractivity contribution >= 4 is 5.91 Å². The Hall–Kier alpha value is -0.610. The molecule has 0 spiro atoms. The summed E-state index contributed by atoms with van der Waals surface area (Å²) >= 11 is 0. The molecule has 2 atom stereocenters. The normalized spacial score (nSPS) is 27.4. The topological polar surface area (TPSA) is 44.4 Å². The first-order valence-electron chi connectivity index (χ1n) is 7.91. The van der Waals surface area contributed by atoms with E-state index in [9.17, 15) is 4.79 Å². The Bertz CT molecular complexity index is 289. The molecule has 1 amide bonds. The highest BCUT2D eigenvalue weighted by atomic mass is 16.2. The van der Waals surface area contributed by atoms with Crippen LogP contribution in [0.3, 0.4) is 0 Å². The fraction of sp³-hybridized carbons (Fsp3) is 0.933. The number of amides is 1. The molecule has 0 radical (unpaired) electrons. The molecule has 0 aromatic carbocycles. The van der Waals surface area contributed by atoms with E-state index in [-0.39, 0.29) is 11.9 Å². The summed E-state index contributed by atoms with van der Waals surface area (Å²) in [5.41, 5.74) is 0. The third-order valence-electron chi connectivity index (χ3n) is 4.68. The van der Waals surface area contributed by atoms with Crippen LogP contribution < -0.4 is 10.6 Å². The van der Waals surface area contributed by atoms with Crippen LogP contribution in [0, 0.1) is 0 Å². The van der Waals surface area contributed by atoms with E-state index >= 15 is 0 Å². The molecule has 2 aliphatic rings. The molecule has 2 rings (SSSR count). The maximum atomic E-state index is 12.1. The zero-order valence-electron chi connectivity index (χ0n) is 12.5. The number of hydrogen-bond acceptors (Lipinski definition) is 3. The van der Waals surface area contributed by atoms with E-state index in [4.69, 9.17) is 0 Å². The van der Waals surface area contributed by atoms with E-state index in [1.807, 2.05) is 6.92 Å². The Morgan fingerprint density at radius 1 is 1.21 bits per heavy atom. The highest BCUT2D eigenvalue weighted by Crippen LogP contribution is 2.17. The van der Waals surface area contributed by atoms with Gasteiger partial charge in [-0.1, -0.05) is 19.3 Å². The predicted octanol–water partition coefficient (Wildman–Crippen LogP) is 1.51. The van der Waals surface area contributed by atoms with Gasteiger partial charge in [-0.2, -0.15) is 0 Å². The summed E-state index contributed by atoms with van der Waals surface area (Å²) in [5.74, 6) is 0.174. The highest BCUT2D eigenvalue weighted by Gasteiger charge is 2.23. The van der Waals surface area contributed by atoms with Crippen molar-refractivity contribution in [2.24, 2.45) is 0 Å². The molecule has 1 heterocycles. The van der Waals surface area contributed by atoms with Gasteiger partial charge in [-0.3, -0.25) is 4.79 Å². The van der Waals surface area contributed by atoms with Crippen LogP contribution in [0.4, 0.5) is 0 Å². The van der Waals surface area contributed by atoms with E-state index in [1.165, 1.54) is 38.6 Å². The maximum Gasteiger partial charge on any atom is 0.237 e. The van der Waals surface area contributed by atoms with Crippen LogP contribution in [-0.2, 0) is 4.79 Å². The summed E-state index contributed by atoms with van der Waals surface area (Å²) in [5, 5.41) is 6.58. The van der Waals surface area contributed by atoms with E-state index in [2.05, 4.69) is 22.6 Å². The number of nitrogens with one attached hydrogen (secondary N) is 2. The van der Waals surface area contributed by atoms with Crippen molar-refractivity contribution in [1.82, 2.24) is 15.5 Å². The molecular formula is C15H29N3O. The first kappa shape index (κ1) is 14.8. The second-order valence-corrected chi connectivity index (χ2v) is 6.25. The third-order valence-corrected chi connectivity index (χ3v) is 4.68. The number of hydrogen-bond donors (Lipinski definition) is 2. The van der Waals surface area contributed by atoms with Gasteiger partial charge >= 0.3 is 0 Å². The summed E-state index contributed by atoms with van der Waals surface area (Å²) in [4.78, 5) is 14.5. The second-order valence-electron chi connectivity index (χ2n) is 6.25. The standard InChI is InChI=1S/C15H29N3O/c1-12(16-11-14-9-6-10-18(14)2)15(19)17-13-7-4-3-5-8-13/h12-14,16H,3-11H2,1-2H3,(H,17,19). The Morgan fingerprint density at radius 3 is 2.58 bits per heavy atom. The van der Waals surface area contributed by atoms with Gasteiger partial charge in [0.05, 0.1) is 6.04 Å². The predicted molar refractivity (Wildman–Crippen MR) is 78.1 cm³/mol. The van der Waals surface area contributed by atoms with Gasteiger partial charge in [-0.05, 0) is 46.2 Å². The molecule has 1 saturated heterocycles. The van der Waals surface area contributed by atoms with Crippen molar-refractivity contribution in [3.05, 3.63) is 0 Å². The SMILES string of the molecule is CC(NCC1CCCN1C)C(=O)NC1CCCCC1. The van der Waals surface area contributed by atoms with Gasteiger partial charge in [0.2, 0.25) is 5.91 Å². The number of rotatable bonds is 5. The third kappa shape index (κ3) is 4.46. The molecule has 1 aliphatic heterocycles. The molecule has 0 aromatic heterocycles. The van der Waals surface area contributed by atoms with Crippen LogP contribution in [0.2, 0.25) is 0 Å². The van der Waals surface area contributed by atoms with Crippen molar-refractivity contribution in [1.29, 1.82) is 0 Å². The first-order chi connectivity index (χ1) is 9.16. The average molecular weight is 267 g/mol. The van der Waals surface area contributed by atoms with Crippen molar-refractivity contribution < 1.29 is 4.79 Å². The minimum atomic E-state index is -0.0732. The quantitative estimate of drug-likeness (QED) is 0.793. The number of likely N-dealkylation sites (tertiary alicyclic amines) is 1. The summed E-state index contributed by atoms with van der Waals surface area (Å²) in [6.07, 6.45) is 8.70. The summed E-state index contributed by atoms with van der Waals surface area (Å²) in [6, 6.07) is 0.945. The lowest BCUT2D eigenvalue weighted by molar-refractivity contribution is -0.123. The minimum absolute atomic E-state index is 0.0732. The Morgan fingerprint density at radius 2 is 1.95 bits per heavy atom. The first-order valence-corrected chi connectivity index (χ1v) is 7.91. The molecule has 1 aliphatic carbocycles. The fourth-order valence-electron chi connectivity index (χ4n) is 3.22. The van der Waals surface area contributed by atoms with Crippen LogP contribution in [0.1, 0.15) is 51.9 Å². The zero-order chi connectivity index (χ0) is 13.7. The molecule has 2 fully saturated rings. The Balaban J connectivity index is 1.66. The van der Waals surface area contributed by atoms with Crippen LogP contribution in [0.5, 0.6) is 0 Å². The van der Waals surface area contributed by atoms with Crippen LogP contribution in [-0.4, -0.2) is 49.1 Å². The molecule has 0 aromatic rings. The zero-order valence-corrected chi connectivity index (χ0v) is 12.5. The van der Waals surface area contributed by atoms with Gasteiger partial charge in [0.1, 0.15) is 0 Å². The van der Waals surface area contributed by atoms with Gasteiger partial charge in [0.25, 0.3) is 0 Å². The molecule has 4 nitrogen and oxygen atoms in total. The molecule has 0 bridgehead atoms. The van der Waals surface area contributed by atoms with Crippen LogP contribution in [0.15, 0.2) is 0 Å². The summed E-state index contributed by atoms with van der Waals surface area (Å²) < 4.78 is 0. The Kier molecular flexibility index (Phi) is 5.64. The van der Waals surface area contributed by atoms with Crippen molar-refractivity contribution in [3.8, 4) is 0 Å². The lowest BCUT2D eigenvalue weighted by Crippen LogP contribution is -2.49. The van der Waals surface area contributed by atoms with Crippen molar-refractivity contribution in [2.75, 3.05) is 20.1 Å². The molecule has 1 saturated carbocycles. The van der Waals surface area contributed by atoms with E-state index in [0.29, 0.717) is 12.1 Å². The maximum absolute atomic E-state index is 12.1. The van der Waals surface area contributed by atoms with Crippen LogP contribution >= 0.6 is 0 Å². The summed E-state index contributed by atoms with van der Waals surface area (Å²) in [7, 11) is 2.17. The number of carbonyl (C=O) groups is 1. The number of carbonyl (C=O) groups excluding carboxylic acids is 1. The molecule has 4 heteroatoms. The summed E-state index contributed by atoms with van der Waals surface area (Å²) in [6.45, 7) is 4.10. The van der Waals surface area contributed by atoms with Gasteiger partial charge < -0.3 is 15.5 Å². The van der Waals surface area contributed by atoms with E-state index in [0.717, 1.165) is 19.4 Å². The van der Waals surface area contributed by atoms with Crippen molar-refractivity contribution in [3.63, 3.8) is 0 Å². The minimum Gasteiger partial charge on any atom is -0.352 e. The molecule has 2 unspecified atom stereocenters. The number of likely N-dealkylation sites (N-methyl/N-ethyl adjacent to an activating group) is 1. The van der Waals surface area contributed by atoms with Crippen molar-refractivity contribution in [2.45, 2.75) is 70.0 Å². The average Bonchev–Trinajstić information content (AvgIpc) is 2.82. The molecule has 110 valence electrons. The van der Waals surface area contributed by atoms with Gasteiger partial charge in [0.15, 0.2) is 0 Å². The van der Waals surface area contributed by atoms with Gasteiger partial charge in [-0.25, -0.2) is 0 Å². The van der Waals surface area contributed by atoms with Gasteiger partial charge in [-0.15, -0.1) is 0 Å². The van der Waals surface area contributed by atoms with E-state index in [1.54, 1.807) is 0 Å². The van der Waals surface area contributed by atoms with Crippen LogP contribution in [0.25, 0.3) is 0 Å². The highest BCUT2D eigenvalue weighted by molar-refractivity contribution is 5.81. The second kappa shape index (κ2) is 7.25. The largest absolute Gasteiger partial charge is 0.352 e. The fourth-order valence-corrected chi connectivity index (χ4v) is 3.22. The van der Waals surface area contributed by atoms with E-state index < -0.39 is 0 Å². The molecule has 19 heavy (non-hydrogen) atoms. The lowest BCUT2D eigenvalue weighted by atomic mass is 9.95. The van der Waals surface area contributed by atoms with Gasteiger partial charge in [0, 0.05) is 18.6 Å². The molecule has 2 N–H and O–H groups in total. The monoisotopic (exact) mass is 267 g/mol. The molecular weight excluding hydrogens is 238 g/mol.